The first kappa shape index (κ1) is 28.0. The van der Waals surface area contributed by atoms with Crippen molar-refractivity contribution in [1.29, 1.82) is 0 Å². The monoisotopic (exact) mass is 514 g/mol. The van der Waals surface area contributed by atoms with Gasteiger partial charge in [0.05, 0.1) is 24.2 Å². The van der Waals surface area contributed by atoms with Crippen LogP contribution in [0, 0.1) is 21.4 Å². The quantitative estimate of drug-likeness (QED) is 0.213. The third-order valence-corrected chi connectivity index (χ3v) is 6.75. The van der Waals surface area contributed by atoms with Gasteiger partial charge in [-0.05, 0) is 19.4 Å². The molecule has 2 heterocycles. The van der Waals surface area contributed by atoms with Crippen LogP contribution in [0.15, 0.2) is 40.5 Å². The van der Waals surface area contributed by atoms with Crippen LogP contribution in [0.25, 0.3) is 0 Å². The average molecular weight is 515 g/mol. The topological polar surface area (TPSA) is 132 Å². The van der Waals surface area contributed by atoms with E-state index in [-0.39, 0.29) is 23.3 Å². The van der Waals surface area contributed by atoms with E-state index in [0.717, 1.165) is 19.5 Å². The van der Waals surface area contributed by atoms with E-state index in [9.17, 15) is 24.5 Å². The molecule has 11 heteroatoms. The number of non-ortho nitro benzene ring substituents is 1. The van der Waals surface area contributed by atoms with Crippen molar-refractivity contribution in [2.75, 3.05) is 46.4 Å². The van der Waals surface area contributed by atoms with E-state index in [4.69, 9.17) is 9.47 Å². The van der Waals surface area contributed by atoms with Crippen LogP contribution in [0.1, 0.15) is 39.2 Å². The number of benzene rings is 1. The average Bonchev–Trinajstić information content (AvgIpc) is 2.86. The molecular formula is C26H34N4O7. The number of nitrogens with zero attached hydrogens (tertiary/aromatic N) is 4. The number of methoxy groups -OCH3 is 1. The fourth-order valence-corrected chi connectivity index (χ4v) is 4.94. The van der Waals surface area contributed by atoms with Crippen molar-refractivity contribution in [3.63, 3.8) is 0 Å². The molecule has 1 saturated heterocycles. The number of esters is 2. The summed E-state index contributed by atoms with van der Waals surface area (Å²) in [5.74, 6) is -3.00. The van der Waals surface area contributed by atoms with Gasteiger partial charge in [-0.3, -0.25) is 29.6 Å². The highest BCUT2D eigenvalue weighted by Crippen LogP contribution is 2.41. The minimum absolute atomic E-state index is 0.115. The number of nitro groups is 1. The zero-order valence-corrected chi connectivity index (χ0v) is 21.9. The van der Waals surface area contributed by atoms with E-state index < -0.39 is 28.7 Å². The minimum Gasteiger partial charge on any atom is -0.468 e. The van der Waals surface area contributed by atoms with Gasteiger partial charge in [-0.25, -0.2) is 4.79 Å². The summed E-state index contributed by atoms with van der Waals surface area (Å²) in [6.45, 7) is 10.9. The first-order chi connectivity index (χ1) is 17.5. The number of rotatable bonds is 9. The normalized spacial score (nSPS) is 20.8. The molecular weight excluding hydrogens is 480 g/mol. The van der Waals surface area contributed by atoms with Crippen molar-refractivity contribution in [2.45, 2.75) is 33.6 Å². The largest absolute Gasteiger partial charge is 0.468 e. The summed E-state index contributed by atoms with van der Waals surface area (Å²) < 4.78 is 10.8. The van der Waals surface area contributed by atoms with E-state index in [0.29, 0.717) is 36.6 Å². The van der Waals surface area contributed by atoms with E-state index in [1.54, 1.807) is 24.8 Å². The highest BCUT2D eigenvalue weighted by atomic mass is 16.6. The molecule has 1 amide bonds. The van der Waals surface area contributed by atoms with Crippen molar-refractivity contribution >= 4 is 29.7 Å². The van der Waals surface area contributed by atoms with Crippen LogP contribution in [-0.2, 0) is 23.9 Å². The zero-order chi connectivity index (χ0) is 27.3. The Kier molecular flexibility index (Phi) is 8.80. The second-order valence-electron chi connectivity index (χ2n) is 10.2. The van der Waals surface area contributed by atoms with Crippen molar-refractivity contribution in [3.05, 3.63) is 51.2 Å². The molecule has 11 nitrogen and oxygen atoms in total. The molecule has 0 saturated carbocycles. The zero-order valence-electron chi connectivity index (χ0n) is 21.9. The predicted molar refractivity (Wildman–Crippen MR) is 136 cm³/mol. The summed E-state index contributed by atoms with van der Waals surface area (Å²) >= 11 is 0. The number of ether oxygens (including phenoxy) is 2. The molecule has 1 aromatic carbocycles. The van der Waals surface area contributed by atoms with Gasteiger partial charge in [-0.15, -0.1) is 0 Å². The number of hydrogen-bond acceptors (Lipinski definition) is 9. The lowest BCUT2D eigenvalue weighted by molar-refractivity contribution is -0.384. The Morgan fingerprint density at radius 2 is 1.89 bits per heavy atom. The third-order valence-electron chi connectivity index (χ3n) is 6.75. The van der Waals surface area contributed by atoms with Gasteiger partial charge < -0.3 is 14.4 Å². The lowest BCUT2D eigenvalue weighted by Gasteiger charge is -2.37. The van der Waals surface area contributed by atoms with E-state index in [2.05, 4.69) is 9.89 Å². The lowest BCUT2D eigenvalue weighted by atomic mass is 9.75. The van der Waals surface area contributed by atoms with Gasteiger partial charge in [0, 0.05) is 67.6 Å². The molecule has 0 N–H and O–H groups in total. The Morgan fingerprint density at radius 1 is 1.22 bits per heavy atom. The maximum absolute atomic E-state index is 13.5. The number of hydrogen-bond donors (Lipinski definition) is 0. The molecule has 2 unspecified atom stereocenters. The number of carbonyl (C=O) groups excluding carboxylic acids is 3. The van der Waals surface area contributed by atoms with Gasteiger partial charge in [0.15, 0.2) is 0 Å². The molecule has 0 aromatic heterocycles. The smallest absolute Gasteiger partial charge is 0.336 e. The van der Waals surface area contributed by atoms with Crippen molar-refractivity contribution in [2.24, 2.45) is 16.3 Å². The van der Waals surface area contributed by atoms with Crippen molar-refractivity contribution in [3.8, 4) is 0 Å². The number of allylic oxidation sites excluding steroid dienone is 1. The standard InChI is InChI=1S/C26H34N4O7/c1-17-21(24(32)36-5)23(19-7-6-8-20(13-19)30(34)35)22(18(2)27-17)25(33)37-15-26(3,4)14-28-9-11-29(16-31)12-10-28/h6-8,13,16,21,23H,9-12,14-15H2,1-5H3. The van der Waals surface area contributed by atoms with Gasteiger partial charge >= 0.3 is 11.9 Å². The third kappa shape index (κ3) is 6.59. The summed E-state index contributed by atoms with van der Waals surface area (Å²) in [4.78, 5) is 56.6. The van der Waals surface area contributed by atoms with Gasteiger partial charge in [0.1, 0.15) is 5.92 Å². The summed E-state index contributed by atoms with van der Waals surface area (Å²) in [5.41, 5.74) is 0.912. The van der Waals surface area contributed by atoms with Gasteiger partial charge in [0.2, 0.25) is 6.41 Å². The maximum atomic E-state index is 13.5. The number of amides is 1. The fraction of sp³-hybridized carbons (Fsp3) is 0.538. The second-order valence-corrected chi connectivity index (χ2v) is 10.2. The minimum atomic E-state index is -0.930. The molecule has 37 heavy (non-hydrogen) atoms. The molecule has 0 bridgehead atoms. The molecule has 2 aliphatic heterocycles. The highest BCUT2D eigenvalue weighted by Gasteiger charge is 2.43. The molecule has 0 radical (unpaired) electrons. The van der Waals surface area contributed by atoms with Crippen LogP contribution in [0.2, 0.25) is 0 Å². The number of piperazine rings is 1. The number of nitro benzene ring substituents is 1. The molecule has 1 fully saturated rings. The maximum Gasteiger partial charge on any atom is 0.336 e. The summed E-state index contributed by atoms with van der Waals surface area (Å²) in [6.07, 6.45) is 0.855. The van der Waals surface area contributed by atoms with Crippen molar-refractivity contribution in [1.82, 2.24) is 9.80 Å². The summed E-state index contributed by atoms with van der Waals surface area (Å²) in [5, 5.41) is 11.4. The Morgan fingerprint density at radius 3 is 2.49 bits per heavy atom. The molecule has 3 rings (SSSR count). The Hall–Kier alpha value is -3.60. The molecule has 2 atom stereocenters. The van der Waals surface area contributed by atoms with Crippen LogP contribution in [0.5, 0.6) is 0 Å². The van der Waals surface area contributed by atoms with Crippen LogP contribution < -0.4 is 0 Å². The predicted octanol–water partition coefficient (Wildman–Crippen LogP) is 2.56. The van der Waals surface area contributed by atoms with Gasteiger partial charge in [-0.2, -0.15) is 0 Å². The highest BCUT2D eigenvalue weighted by molar-refractivity contribution is 6.07. The Bertz CT molecular complexity index is 1120. The van der Waals surface area contributed by atoms with E-state index in [1.165, 1.54) is 25.3 Å². The van der Waals surface area contributed by atoms with Gasteiger partial charge in [-0.1, -0.05) is 26.0 Å². The SMILES string of the molecule is COC(=O)C1C(C)=NC(C)=C(C(=O)OCC(C)(C)CN2CCN(C=O)CC2)C1c1cccc([N+](=O)[O-])c1. The molecule has 200 valence electrons. The van der Waals surface area contributed by atoms with Crippen LogP contribution in [0.4, 0.5) is 5.69 Å². The van der Waals surface area contributed by atoms with Crippen LogP contribution >= 0.6 is 0 Å². The van der Waals surface area contributed by atoms with Crippen LogP contribution in [0.3, 0.4) is 0 Å². The summed E-state index contributed by atoms with van der Waals surface area (Å²) in [7, 11) is 1.25. The first-order valence-corrected chi connectivity index (χ1v) is 12.1. The Labute approximate surface area is 216 Å². The van der Waals surface area contributed by atoms with Gasteiger partial charge in [0.25, 0.3) is 5.69 Å². The molecule has 2 aliphatic rings. The van der Waals surface area contributed by atoms with E-state index in [1.807, 2.05) is 13.8 Å². The Balaban J connectivity index is 1.85. The number of carbonyl (C=O) groups is 3. The number of aliphatic imine (C=N–C) groups is 1. The lowest BCUT2D eigenvalue weighted by Crippen LogP contribution is -2.49. The second kappa shape index (κ2) is 11.6. The molecule has 0 aliphatic carbocycles. The summed E-state index contributed by atoms with van der Waals surface area (Å²) in [6, 6.07) is 5.89. The fourth-order valence-electron chi connectivity index (χ4n) is 4.94. The molecule has 0 spiro atoms. The molecule has 1 aromatic rings. The van der Waals surface area contributed by atoms with E-state index >= 15 is 0 Å². The first-order valence-electron chi connectivity index (χ1n) is 12.1. The van der Waals surface area contributed by atoms with Crippen LogP contribution in [-0.4, -0.2) is 85.2 Å². The van der Waals surface area contributed by atoms with Crippen molar-refractivity contribution < 1.29 is 28.8 Å².